The zero-order valence-corrected chi connectivity index (χ0v) is 11.6. The molecular weight excluding hydrogens is 263 g/mol. The van der Waals surface area contributed by atoms with Crippen molar-refractivity contribution >= 4 is 35.0 Å². The van der Waals surface area contributed by atoms with E-state index in [9.17, 15) is 0 Å². The molecule has 0 bridgehead atoms. The van der Waals surface area contributed by atoms with Crippen LogP contribution in [0.15, 0.2) is 29.2 Å². The van der Waals surface area contributed by atoms with Crippen molar-refractivity contribution in [3.05, 3.63) is 29.3 Å². The summed E-state index contributed by atoms with van der Waals surface area (Å²) in [5.74, 6) is 0.757. The molecule has 0 spiro atoms. The Kier molecular flexibility index (Phi) is 7.30. The van der Waals surface area contributed by atoms with E-state index >= 15 is 0 Å². The van der Waals surface area contributed by atoms with Gasteiger partial charge in [0.05, 0.1) is 0 Å². The van der Waals surface area contributed by atoms with E-state index in [-0.39, 0.29) is 5.56 Å². The summed E-state index contributed by atoms with van der Waals surface area (Å²) in [5.41, 5.74) is -0.216. The SMILES string of the molecule is CCCCOC(Cl)CSc1ccc(Cl)cc1. The Morgan fingerprint density at radius 1 is 1.31 bits per heavy atom. The quantitative estimate of drug-likeness (QED) is 0.402. The van der Waals surface area contributed by atoms with Gasteiger partial charge in [-0.2, -0.15) is 0 Å². The normalized spacial score (nSPS) is 12.7. The third kappa shape index (κ3) is 6.00. The number of ether oxygens (including phenoxy) is 1. The van der Waals surface area contributed by atoms with Crippen LogP contribution in [-0.2, 0) is 4.74 Å². The van der Waals surface area contributed by atoms with Crippen LogP contribution >= 0.6 is 35.0 Å². The molecule has 1 aromatic carbocycles. The summed E-state index contributed by atoms with van der Waals surface area (Å²) in [6.07, 6.45) is 2.20. The van der Waals surface area contributed by atoms with Crippen molar-refractivity contribution in [1.82, 2.24) is 0 Å². The average Bonchev–Trinajstić information content (AvgIpc) is 2.29. The Balaban J connectivity index is 2.20. The van der Waals surface area contributed by atoms with Gasteiger partial charge in [-0.05, 0) is 30.7 Å². The molecule has 0 radical (unpaired) electrons. The van der Waals surface area contributed by atoms with Gasteiger partial charge in [-0.3, -0.25) is 0 Å². The Bertz CT molecular complexity index is 290. The molecule has 1 unspecified atom stereocenters. The topological polar surface area (TPSA) is 9.23 Å². The summed E-state index contributed by atoms with van der Waals surface area (Å²) in [4.78, 5) is 1.16. The molecule has 0 amide bonds. The molecule has 0 aliphatic carbocycles. The number of halogens is 2. The fourth-order valence-corrected chi connectivity index (χ4v) is 2.25. The average molecular weight is 279 g/mol. The third-order valence-electron chi connectivity index (χ3n) is 1.99. The van der Waals surface area contributed by atoms with Crippen LogP contribution in [0.3, 0.4) is 0 Å². The molecule has 0 aliphatic rings. The van der Waals surface area contributed by atoms with Crippen LogP contribution < -0.4 is 0 Å². The molecule has 1 nitrogen and oxygen atoms in total. The van der Waals surface area contributed by atoms with Crippen LogP contribution in [0, 0.1) is 0 Å². The van der Waals surface area contributed by atoms with E-state index in [0.717, 1.165) is 35.1 Å². The number of alkyl halides is 1. The molecule has 0 aliphatic heterocycles. The van der Waals surface area contributed by atoms with Crippen molar-refractivity contribution in [2.45, 2.75) is 30.2 Å². The van der Waals surface area contributed by atoms with Crippen molar-refractivity contribution in [3.8, 4) is 0 Å². The summed E-state index contributed by atoms with van der Waals surface area (Å²) in [6.45, 7) is 2.88. The predicted octanol–water partition coefficient (Wildman–Crippen LogP) is 4.81. The molecule has 0 fully saturated rings. The summed E-state index contributed by atoms with van der Waals surface area (Å²) < 4.78 is 5.45. The van der Waals surface area contributed by atoms with Gasteiger partial charge in [-0.15, -0.1) is 11.8 Å². The maximum absolute atomic E-state index is 6.03. The highest BCUT2D eigenvalue weighted by atomic mass is 35.5. The van der Waals surface area contributed by atoms with Gasteiger partial charge in [-0.1, -0.05) is 36.5 Å². The highest BCUT2D eigenvalue weighted by Gasteiger charge is 2.05. The highest BCUT2D eigenvalue weighted by molar-refractivity contribution is 7.99. The van der Waals surface area contributed by atoms with Gasteiger partial charge in [-0.25, -0.2) is 0 Å². The van der Waals surface area contributed by atoms with Gasteiger partial charge in [0.1, 0.15) is 5.56 Å². The highest BCUT2D eigenvalue weighted by Crippen LogP contribution is 2.22. The lowest BCUT2D eigenvalue weighted by Crippen LogP contribution is -2.08. The fraction of sp³-hybridized carbons (Fsp3) is 0.500. The molecule has 0 aromatic heterocycles. The first kappa shape index (κ1) is 14.2. The van der Waals surface area contributed by atoms with Crippen molar-refractivity contribution in [3.63, 3.8) is 0 Å². The summed E-state index contributed by atoms with van der Waals surface area (Å²) in [7, 11) is 0. The summed E-state index contributed by atoms with van der Waals surface area (Å²) in [5, 5.41) is 0.756. The van der Waals surface area contributed by atoms with Crippen LogP contribution in [0.4, 0.5) is 0 Å². The molecule has 0 saturated heterocycles. The van der Waals surface area contributed by atoms with Crippen LogP contribution in [0.1, 0.15) is 19.8 Å². The molecule has 1 aromatic rings. The smallest absolute Gasteiger partial charge is 0.140 e. The Morgan fingerprint density at radius 2 is 2.00 bits per heavy atom. The molecule has 1 rings (SSSR count). The predicted molar refractivity (Wildman–Crippen MR) is 72.7 cm³/mol. The second-order valence-electron chi connectivity index (χ2n) is 3.40. The number of thioether (sulfide) groups is 1. The lowest BCUT2D eigenvalue weighted by Gasteiger charge is -2.10. The number of hydrogen-bond acceptors (Lipinski definition) is 2. The van der Waals surface area contributed by atoms with E-state index in [1.165, 1.54) is 0 Å². The molecule has 0 saturated carbocycles. The van der Waals surface area contributed by atoms with Crippen molar-refractivity contribution in [2.24, 2.45) is 0 Å². The number of unbranched alkanes of at least 4 members (excludes halogenated alkanes) is 1. The molecule has 90 valence electrons. The molecule has 16 heavy (non-hydrogen) atoms. The Morgan fingerprint density at radius 3 is 2.62 bits per heavy atom. The van der Waals surface area contributed by atoms with Gasteiger partial charge in [0, 0.05) is 22.3 Å². The zero-order chi connectivity index (χ0) is 11.8. The maximum Gasteiger partial charge on any atom is 0.140 e. The molecule has 0 heterocycles. The molecular formula is C12H16Cl2OS. The minimum absolute atomic E-state index is 0.216. The van der Waals surface area contributed by atoms with E-state index in [1.807, 2.05) is 24.3 Å². The van der Waals surface area contributed by atoms with Crippen molar-refractivity contribution in [2.75, 3.05) is 12.4 Å². The van der Waals surface area contributed by atoms with Crippen LogP contribution in [-0.4, -0.2) is 17.9 Å². The van der Waals surface area contributed by atoms with Gasteiger partial charge in [0.25, 0.3) is 0 Å². The number of hydrogen-bond donors (Lipinski definition) is 0. The lowest BCUT2D eigenvalue weighted by molar-refractivity contribution is 0.119. The van der Waals surface area contributed by atoms with Crippen LogP contribution in [0.5, 0.6) is 0 Å². The fourth-order valence-electron chi connectivity index (χ4n) is 1.10. The first-order valence-corrected chi connectivity index (χ1v) is 7.16. The van der Waals surface area contributed by atoms with Crippen LogP contribution in [0.2, 0.25) is 5.02 Å². The third-order valence-corrected chi connectivity index (χ3v) is 3.78. The van der Waals surface area contributed by atoms with Crippen LogP contribution in [0.25, 0.3) is 0 Å². The lowest BCUT2D eigenvalue weighted by atomic mass is 10.4. The van der Waals surface area contributed by atoms with E-state index in [1.54, 1.807) is 11.8 Å². The molecule has 4 heteroatoms. The molecule has 1 atom stereocenters. The minimum Gasteiger partial charge on any atom is -0.362 e. The monoisotopic (exact) mass is 278 g/mol. The van der Waals surface area contributed by atoms with Gasteiger partial charge < -0.3 is 4.74 Å². The van der Waals surface area contributed by atoms with Gasteiger partial charge in [0.2, 0.25) is 0 Å². The zero-order valence-electron chi connectivity index (χ0n) is 9.29. The van der Waals surface area contributed by atoms with Gasteiger partial charge in [0.15, 0.2) is 0 Å². The number of benzene rings is 1. The number of rotatable bonds is 7. The minimum atomic E-state index is -0.216. The van der Waals surface area contributed by atoms with Crippen molar-refractivity contribution < 1.29 is 4.74 Å². The van der Waals surface area contributed by atoms with E-state index < -0.39 is 0 Å². The largest absolute Gasteiger partial charge is 0.362 e. The summed E-state index contributed by atoms with van der Waals surface area (Å²) >= 11 is 13.5. The molecule has 0 N–H and O–H groups in total. The second kappa shape index (κ2) is 8.24. The van der Waals surface area contributed by atoms with E-state index in [2.05, 4.69) is 6.92 Å². The van der Waals surface area contributed by atoms with E-state index in [4.69, 9.17) is 27.9 Å². The maximum atomic E-state index is 6.03. The van der Waals surface area contributed by atoms with Crippen molar-refractivity contribution in [1.29, 1.82) is 0 Å². The standard InChI is InChI=1S/C12H16Cl2OS/c1-2-3-8-15-12(14)9-16-11-6-4-10(13)5-7-11/h4-7,12H,2-3,8-9H2,1H3. The first-order valence-electron chi connectivity index (χ1n) is 5.36. The van der Waals surface area contributed by atoms with Gasteiger partial charge >= 0.3 is 0 Å². The van der Waals surface area contributed by atoms with E-state index in [0.29, 0.717) is 0 Å². The Labute approximate surface area is 111 Å². The Hall–Kier alpha value is 0.110. The summed E-state index contributed by atoms with van der Waals surface area (Å²) in [6, 6.07) is 7.74. The second-order valence-corrected chi connectivity index (χ2v) is 5.42. The first-order chi connectivity index (χ1) is 7.72.